The van der Waals surface area contributed by atoms with Crippen LogP contribution in [0.1, 0.15) is 78.8 Å². The highest BCUT2D eigenvalue weighted by atomic mass is 16.5. The van der Waals surface area contributed by atoms with Crippen LogP contribution in [0.2, 0.25) is 0 Å². The van der Waals surface area contributed by atoms with E-state index in [-0.39, 0.29) is 0 Å². The van der Waals surface area contributed by atoms with Crippen LogP contribution in [0.3, 0.4) is 0 Å². The van der Waals surface area contributed by atoms with Crippen LogP contribution in [-0.4, -0.2) is 25.1 Å². The van der Waals surface area contributed by atoms with Gasteiger partial charge in [0.15, 0.2) is 0 Å². The number of rotatable bonds is 4. The molecule has 30 heavy (non-hydrogen) atoms. The smallest absolute Gasteiger partial charge is 0.122 e. The molecule has 2 nitrogen and oxygen atoms in total. The zero-order chi connectivity index (χ0) is 20.7. The molecule has 0 radical (unpaired) electrons. The maximum absolute atomic E-state index is 5.61. The van der Waals surface area contributed by atoms with Crippen molar-refractivity contribution in [3.05, 3.63) is 75.4 Å². The molecule has 0 saturated heterocycles. The van der Waals surface area contributed by atoms with Gasteiger partial charge in [-0.25, -0.2) is 0 Å². The summed E-state index contributed by atoms with van der Waals surface area (Å²) in [5, 5.41) is 0. The molecule has 2 aromatic rings. The largest absolute Gasteiger partial charge is 0.496 e. The van der Waals surface area contributed by atoms with Crippen LogP contribution in [0.4, 0.5) is 0 Å². The van der Waals surface area contributed by atoms with Gasteiger partial charge in [-0.15, -0.1) is 0 Å². The Labute approximate surface area is 181 Å². The van der Waals surface area contributed by atoms with Crippen molar-refractivity contribution < 1.29 is 4.74 Å². The highest BCUT2D eigenvalue weighted by molar-refractivity contribution is 5.45. The van der Waals surface area contributed by atoms with Crippen molar-refractivity contribution in [3.63, 3.8) is 0 Å². The van der Waals surface area contributed by atoms with Gasteiger partial charge in [0.2, 0.25) is 0 Å². The van der Waals surface area contributed by atoms with Gasteiger partial charge in [0.05, 0.1) is 7.11 Å². The predicted molar refractivity (Wildman–Crippen MR) is 124 cm³/mol. The van der Waals surface area contributed by atoms with E-state index in [1.54, 1.807) is 34.9 Å². The van der Waals surface area contributed by atoms with Crippen LogP contribution < -0.4 is 4.74 Å². The molecule has 0 unspecified atom stereocenters. The van der Waals surface area contributed by atoms with Gasteiger partial charge < -0.3 is 4.74 Å². The Morgan fingerprint density at radius 3 is 2.73 bits per heavy atom. The van der Waals surface area contributed by atoms with Gasteiger partial charge >= 0.3 is 0 Å². The molecule has 5 rings (SSSR count). The highest BCUT2D eigenvalue weighted by Gasteiger charge is 2.34. The van der Waals surface area contributed by atoms with Crippen molar-refractivity contribution in [1.82, 2.24) is 4.90 Å². The quantitative estimate of drug-likeness (QED) is 0.541. The lowest BCUT2D eigenvalue weighted by Gasteiger charge is -2.43. The second-order valence-electron chi connectivity index (χ2n) is 9.51. The fourth-order valence-corrected chi connectivity index (χ4v) is 6.23. The first-order valence-corrected chi connectivity index (χ1v) is 11.9. The van der Waals surface area contributed by atoms with Gasteiger partial charge in [-0.05, 0) is 91.7 Å². The number of fused-ring (bicyclic) bond motifs is 4. The lowest BCUT2D eigenvalue weighted by atomic mass is 9.75. The molecule has 0 spiro atoms. The average molecular weight is 402 g/mol. The maximum atomic E-state index is 5.61. The van der Waals surface area contributed by atoms with Crippen LogP contribution in [0.5, 0.6) is 5.75 Å². The Hall–Kier alpha value is -2.06. The summed E-state index contributed by atoms with van der Waals surface area (Å²) in [7, 11) is 1.79. The molecule has 0 N–H and O–H groups in total. The van der Waals surface area contributed by atoms with Gasteiger partial charge in [-0.3, -0.25) is 4.90 Å². The average Bonchev–Trinajstić information content (AvgIpc) is 2.78. The molecular formula is C28H35NO. The summed E-state index contributed by atoms with van der Waals surface area (Å²) in [4.78, 5) is 2.74. The van der Waals surface area contributed by atoms with Crippen LogP contribution in [-0.2, 0) is 12.8 Å². The number of hydrogen-bond acceptors (Lipinski definition) is 2. The van der Waals surface area contributed by atoms with E-state index in [0.29, 0.717) is 12.0 Å². The molecule has 2 aliphatic heterocycles. The number of methoxy groups -OCH3 is 1. The predicted octanol–water partition coefficient (Wildman–Crippen LogP) is 6.52. The van der Waals surface area contributed by atoms with Crippen molar-refractivity contribution >= 4 is 0 Å². The topological polar surface area (TPSA) is 12.5 Å². The third-order valence-corrected chi connectivity index (χ3v) is 7.87. The zero-order valence-electron chi connectivity index (χ0n) is 18.8. The van der Waals surface area contributed by atoms with Crippen molar-refractivity contribution in [2.45, 2.75) is 70.8 Å². The second kappa shape index (κ2) is 8.23. The van der Waals surface area contributed by atoms with Crippen LogP contribution in [0.25, 0.3) is 0 Å². The second-order valence-corrected chi connectivity index (χ2v) is 9.51. The lowest BCUT2D eigenvalue weighted by molar-refractivity contribution is 0.182. The summed E-state index contributed by atoms with van der Waals surface area (Å²) < 4.78 is 5.61. The SMILES string of the molecule is CCC1=C(C[C@H]2CCCc3cc(OC)c(C)cc32)C[C@H]2c3ccccc3CCN2C1. The number of aryl methyl sites for hydroxylation is 2. The number of nitrogens with zero attached hydrogens (tertiary/aromatic N) is 1. The van der Waals surface area contributed by atoms with E-state index in [1.165, 1.54) is 69.2 Å². The highest BCUT2D eigenvalue weighted by Crippen LogP contribution is 2.45. The Morgan fingerprint density at radius 2 is 1.90 bits per heavy atom. The first-order valence-electron chi connectivity index (χ1n) is 11.9. The summed E-state index contributed by atoms with van der Waals surface area (Å²) in [6.07, 6.45) is 8.69. The molecule has 0 fully saturated rings. The summed E-state index contributed by atoms with van der Waals surface area (Å²) in [5.41, 5.74) is 11.0. The molecule has 2 heteroatoms. The minimum Gasteiger partial charge on any atom is -0.496 e. The normalized spacial score (nSPS) is 23.6. The van der Waals surface area contributed by atoms with Crippen LogP contribution in [0.15, 0.2) is 47.5 Å². The molecule has 2 heterocycles. The molecule has 0 aromatic heterocycles. The standard InChI is InChI=1S/C28H35NO/c1-4-20-18-29-13-12-21-8-5-6-11-25(21)27(29)16-24(20)15-22-9-7-10-23-17-28(30-3)19(2)14-26(22)23/h5-6,8,11,14,17,22,27H,4,7,9-10,12-13,15-16,18H2,1-3H3/t22-,27+/m1/s1. The fourth-order valence-electron chi connectivity index (χ4n) is 6.23. The third kappa shape index (κ3) is 3.50. The Morgan fingerprint density at radius 1 is 1.03 bits per heavy atom. The molecule has 0 amide bonds. The molecule has 0 bridgehead atoms. The molecule has 3 aliphatic rings. The molecule has 2 atom stereocenters. The fraction of sp³-hybridized carbons (Fsp3) is 0.500. The van der Waals surface area contributed by atoms with Gasteiger partial charge in [0.25, 0.3) is 0 Å². The van der Waals surface area contributed by atoms with Crippen LogP contribution in [0, 0.1) is 6.92 Å². The molecule has 158 valence electrons. The first-order chi connectivity index (χ1) is 14.7. The number of ether oxygens (including phenoxy) is 1. The van der Waals surface area contributed by atoms with Gasteiger partial charge in [-0.2, -0.15) is 0 Å². The molecule has 0 saturated carbocycles. The minimum atomic E-state index is 0.584. The summed E-state index contributed by atoms with van der Waals surface area (Å²) in [6.45, 7) is 6.94. The Kier molecular flexibility index (Phi) is 5.45. The van der Waals surface area contributed by atoms with Gasteiger partial charge in [0.1, 0.15) is 5.75 Å². The van der Waals surface area contributed by atoms with Crippen molar-refractivity contribution in [2.24, 2.45) is 0 Å². The van der Waals surface area contributed by atoms with E-state index in [2.05, 4.69) is 55.1 Å². The Balaban J connectivity index is 1.45. The lowest BCUT2D eigenvalue weighted by Crippen LogP contribution is -2.40. The van der Waals surface area contributed by atoms with E-state index in [9.17, 15) is 0 Å². The van der Waals surface area contributed by atoms with E-state index >= 15 is 0 Å². The Bertz CT molecular complexity index is 973. The maximum Gasteiger partial charge on any atom is 0.122 e. The summed E-state index contributed by atoms with van der Waals surface area (Å²) in [5.74, 6) is 1.72. The van der Waals surface area contributed by atoms with E-state index in [0.717, 1.165) is 5.75 Å². The van der Waals surface area contributed by atoms with Crippen LogP contribution >= 0.6 is 0 Å². The number of benzene rings is 2. The zero-order valence-corrected chi connectivity index (χ0v) is 18.8. The molecule has 1 aliphatic carbocycles. The van der Waals surface area contributed by atoms with Crippen molar-refractivity contribution in [3.8, 4) is 5.75 Å². The van der Waals surface area contributed by atoms with Crippen molar-refractivity contribution in [2.75, 3.05) is 20.2 Å². The monoisotopic (exact) mass is 401 g/mol. The molecule has 2 aromatic carbocycles. The third-order valence-electron chi connectivity index (χ3n) is 7.87. The first kappa shape index (κ1) is 19.9. The van der Waals surface area contributed by atoms with Gasteiger partial charge in [-0.1, -0.05) is 48.4 Å². The molecular weight excluding hydrogens is 366 g/mol. The van der Waals surface area contributed by atoms with Gasteiger partial charge in [0, 0.05) is 19.1 Å². The van der Waals surface area contributed by atoms with E-state index in [4.69, 9.17) is 4.74 Å². The summed E-state index contributed by atoms with van der Waals surface area (Å²) >= 11 is 0. The minimum absolute atomic E-state index is 0.584. The van der Waals surface area contributed by atoms with E-state index < -0.39 is 0 Å². The summed E-state index contributed by atoms with van der Waals surface area (Å²) in [6, 6.07) is 14.5. The van der Waals surface area contributed by atoms with E-state index in [1.807, 2.05) is 0 Å². The number of hydrogen-bond donors (Lipinski definition) is 0. The van der Waals surface area contributed by atoms with Crippen molar-refractivity contribution in [1.29, 1.82) is 0 Å².